The number of nitrogens with two attached hydrogens (primary N) is 1. The summed E-state index contributed by atoms with van der Waals surface area (Å²) in [6.07, 6.45) is 4.66. The number of methoxy groups -OCH3 is 2. The van der Waals surface area contributed by atoms with Crippen LogP contribution in [0.3, 0.4) is 0 Å². The third-order valence-corrected chi connectivity index (χ3v) is 2.35. The summed E-state index contributed by atoms with van der Waals surface area (Å²) >= 11 is 0. The van der Waals surface area contributed by atoms with Gasteiger partial charge in [0.25, 0.3) is 0 Å². The lowest BCUT2D eigenvalue weighted by molar-refractivity contribution is 0.192. The number of nitrogen functional groups attached to an aromatic ring is 1. The number of nitrogens with one attached hydrogen (secondary N) is 1. The van der Waals surface area contributed by atoms with Gasteiger partial charge in [-0.3, -0.25) is 0 Å². The van der Waals surface area contributed by atoms with Crippen molar-refractivity contribution in [3.05, 3.63) is 6.33 Å². The van der Waals surface area contributed by atoms with E-state index in [4.69, 9.17) is 15.2 Å². The molecule has 0 fully saturated rings. The number of nitrogens with zero attached hydrogens (tertiary/aromatic N) is 2. The van der Waals surface area contributed by atoms with Gasteiger partial charge in [-0.05, 0) is 19.3 Å². The monoisotopic (exact) mass is 240 g/mol. The molecule has 0 unspecified atom stereocenters. The Morgan fingerprint density at radius 3 is 2.76 bits per heavy atom. The molecule has 0 aliphatic heterocycles. The zero-order chi connectivity index (χ0) is 12.5. The predicted octanol–water partition coefficient (Wildman–Crippen LogP) is 1.30. The lowest BCUT2D eigenvalue weighted by Crippen LogP contribution is -2.07. The molecular formula is C11H20N4O2. The number of anilines is 2. The second-order valence-corrected chi connectivity index (χ2v) is 3.62. The third kappa shape index (κ3) is 4.44. The summed E-state index contributed by atoms with van der Waals surface area (Å²) in [6, 6.07) is 0. The van der Waals surface area contributed by atoms with E-state index < -0.39 is 0 Å². The summed E-state index contributed by atoms with van der Waals surface area (Å²) in [7, 11) is 3.27. The second-order valence-electron chi connectivity index (χ2n) is 3.62. The Morgan fingerprint density at radius 2 is 2.06 bits per heavy atom. The summed E-state index contributed by atoms with van der Waals surface area (Å²) in [6.45, 7) is 1.64. The summed E-state index contributed by atoms with van der Waals surface area (Å²) in [4.78, 5) is 7.96. The number of aromatic nitrogens is 2. The Balaban J connectivity index is 2.33. The van der Waals surface area contributed by atoms with Gasteiger partial charge in [0.15, 0.2) is 11.6 Å². The number of ether oxygens (including phenoxy) is 2. The first-order valence-electron chi connectivity index (χ1n) is 5.67. The van der Waals surface area contributed by atoms with Crippen LogP contribution in [-0.2, 0) is 4.74 Å². The van der Waals surface area contributed by atoms with Gasteiger partial charge in [-0.1, -0.05) is 0 Å². The van der Waals surface area contributed by atoms with Gasteiger partial charge in [-0.15, -0.1) is 0 Å². The maximum absolute atomic E-state index is 5.67. The van der Waals surface area contributed by atoms with Gasteiger partial charge in [0, 0.05) is 20.3 Å². The first kappa shape index (κ1) is 13.5. The van der Waals surface area contributed by atoms with Crippen molar-refractivity contribution in [3.63, 3.8) is 0 Å². The van der Waals surface area contributed by atoms with Crippen LogP contribution >= 0.6 is 0 Å². The van der Waals surface area contributed by atoms with E-state index in [0.29, 0.717) is 17.4 Å². The van der Waals surface area contributed by atoms with E-state index in [0.717, 1.165) is 32.4 Å². The van der Waals surface area contributed by atoms with Gasteiger partial charge in [0.2, 0.25) is 5.75 Å². The Bertz CT molecular complexity index is 333. The van der Waals surface area contributed by atoms with Gasteiger partial charge >= 0.3 is 0 Å². The van der Waals surface area contributed by atoms with Crippen molar-refractivity contribution in [2.45, 2.75) is 19.3 Å². The maximum atomic E-state index is 5.67. The summed E-state index contributed by atoms with van der Waals surface area (Å²) in [5.41, 5.74) is 5.67. The lowest BCUT2D eigenvalue weighted by Gasteiger charge is -2.10. The Hall–Kier alpha value is -1.56. The molecule has 0 amide bonds. The summed E-state index contributed by atoms with van der Waals surface area (Å²) in [5.74, 6) is 1.50. The molecule has 1 aromatic rings. The normalized spacial score (nSPS) is 10.2. The van der Waals surface area contributed by atoms with Crippen LogP contribution in [0.1, 0.15) is 19.3 Å². The fraction of sp³-hybridized carbons (Fsp3) is 0.636. The molecule has 0 bridgehead atoms. The van der Waals surface area contributed by atoms with Gasteiger partial charge in [-0.25, -0.2) is 9.97 Å². The second kappa shape index (κ2) is 7.67. The quantitative estimate of drug-likeness (QED) is 0.666. The van der Waals surface area contributed by atoms with Gasteiger partial charge < -0.3 is 20.5 Å². The number of hydrogen-bond acceptors (Lipinski definition) is 6. The zero-order valence-corrected chi connectivity index (χ0v) is 10.4. The van der Waals surface area contributed by atoms with E-state index in [1.165, 1.54) is 6.33 Å². The Labute approximate surface area is 102 Å². The minimum Gasteiger partial charge on any atom is -0.490 e. The van der Waals surface area contributed by atoms with E-state index >= 15 is 0 Å². The Kier molecular flexibility index (Phi) is 6.09. The molecule has 17 heavy (non-hydrogen) atoms. The average molecular weight is 240 g/mol. The van der Waals surface area contributed by atoms with Crippen molar-refractivity contribution in [1.82, 2.24) is 9.97 Å². The first-order valence-corrected chi connectivity index (χ1v) is 5.67. The van der Waals surface area contributed by atoms with Crippen molar-refractivity contribution < 1.29 is 9.47 Å². The van der Waals surface area contributed by atoms with E-state index in [9.17, 15) is 0 Å². The highest BCUT2D eigenvalue weighted by Crippen LogP contribution is 2.25. The molecule has 1 aromatic heterocycles. The summed E-state index contributed by atoms with van der Waals surface area (Å²) in [5, 5.41) is 3.18. The number of unbranched alkanes of at least 4 members (excludes halogenated alkanes) is 2. The van der Waals surface area contributed by atoms with Crippen LogP contribution in [0.15, 0.2) is 6.33 Å². The molecule has 0 radical (unpaired) electrons. The molecule has 0 atom stereocenters. The molecule has 1 heterocycles. The van der Waals surface area contributed by atoms with Crippen molar-refractivity contribution in [3.8, 4) is 5.75 Å². The van der Waals surface area contributed by atoms with Gasteiger partial charge in [0.1, 0.15) is 6.33 Å². The first-order chi connectivity index (χ1) is 8.29. The molecule has 0 aromatic carbocycles. The van der Waals surface area contributed by atoms with Crippen molar-refractivity contribution >= 4 is 11.6 Å². The van der Waals surface area contributed by atoms with Crippen molar-refractivity contribution in [2.75, 3.05) is 38.4 Å². The van der Waals surface area contributed by atoms with Crippen LogP contribution in [0.25, 0.3) is 0 Å². The van der Waals surface area contributed by atoms with Gasteiger partial charge in [-0.2, -0.15) is 0 Å². The highest BCUT2D eigenvalue weighted by Gasteiger charge is 2.08. The standard InChI is InChI=1S/C11H20N4O2/c1-16-7-5-3-4-6-13-11-9(17-2)10(12)14-8-15-11/h8H,3-7H2,1-2H3,(H3,12,13,14,15). The highest BCUT2D eigenvalue weighted by molar-refractivity contribution is 5.61. The van der Waals surface area contributed by atoms with Crippen LogP contribution in [0.5, 0.6) is 5.75 Å². The average Bonchev–Trinajstić information content (AvgIpc) is 2.34. The fourth-order valence-corrected chi connectivity index (χ4v) is 1.47. The van der Waals surface area contributed by atoms with Gasteiger partial charge in [0.05, 0.1) is 7.11 Å². The third-order valence-electron chi connectivity index (χ3n) is 2.35. The molecular weight excluding hydrogens is 220 g/mol. The molecule has 0 saturated carbocycles. The molecule has 0 aliphatic carbocycles. The van der Waals surface area contributed by atoms with E-state index in [1.54, 1.807) is 14.2 Å². The SMILES string of the molecule is COCCCCCNc1ncnc(N)c1OC. The van der Waals surface area contributed by atoms with Crippen LogP contribution in [0.4, 0.5) is 11.6 Å². The van der Waals surface area contributed by atoms with Crippen molar-refractivity contribution in [2.24, 2.45) is 0 Å². The molecule has 6 heteroatoms. The smallest absolute Gasteiger partial charge is 0.203 e. The maximum Gasteiger partial charge on any atom is 0.203 e. The molecule has 6 nitrogen and oxygen atoms in total. The summed E-state index contributed by atoms with van der Waals surface area (Å²) < 4.78 is 10.1. The molecule has 0 spiro atoms. The van der Waals surface area contributed by atoms with E-state index in [-0.39, 0.29) is 0 Å². The zero-order valence-electron chi connectivity index (χ0n) is 10.4. The molecule has 96 valence electrons. The van der Waals surface area contributed by atoms with Crippen LogP contribution in [0, 0.1) is 0 Å². The van der Waals surface area contributed by atoms with Crippen LogP contribution < -0.4 is 15.8 Å². The molecule has 3 N–H and O–H groups in total. The number of rotatable bonds is 8. The minimum atomic E-state index is 0.351. The molecule has 0 saturated heterocycles. The number of hydrogen-bond donors (Lipinski definition) is 2. The molecule has 0 aliphatic rings. The highest BCUT2D eigenvalue weighted by atomic mass is 16.5. The van der Waals surface area contributed by atoms with Crippen LogP contribution in [-0.4, -0.2) is 37.3 Å². The van der Waals surface area contributed by atoms with Crippen molar-refractivity contribution in [1.29, 1.82) is 0 Å². The van der Waals surface area contributed by atoms with E-state index in [1.807, 2.05) is 0 Å². The van der Waals surface area contributed by atoms with E-state index in [2.05, 4.69) is 15.3 Å². The predicted molar refractivity (Wildman–Crippen MR) is 67.2 cm³/mol. The minimum absolute atomic E-state index is 0.351. The molecule has 1 rings (SSSR count). The fourth-order valence-electron chi connectivity index (χ4n) is 1.47. The van der Waals surface area contributed by atoms with Crippen LogP contribution in [0.2, 0.25) is 0 Å². The Morgan fingerprint density at radius 1 is 1.24 bits per heavy atom. The lowest BCUT2D eigenvalue weighted by atomic mass is 10.2. The topological polar surface area (TPSA) is 82.3 Å². The largest absolute Gasteiger partial charge is 0.490 e.